The summed E-state index contributed by atoms with van der Waals surface area (Å²) in [6.07, 6.45) is 6.02. The molecule has 0 aliphatic heterocycles. The molecule has 1 aliphatic rings. The van der Waals surface area contributed by atoms with E-state index in [2.05, 4.69) is 25.7 Å². The standard InChI is InChI=1S/C19H17N7O4/c1-2-22-18(29)24-17-23-14-9-12(11-4-3-7-21-10-11)8-13(26(14)25-17)15(27)30-19(5-6-19)16(20)28/h3-10H,2H2,1H3,(H2,20,28)(H2,22,24,25,29). The van der Waals surface area contributed by atoms with Gasteiger partial charge in [0.25, 0.3) is 11.9 Å². The van der Waals surface area contributed by atoms with Gasteiger partial charge in [0.05, 0.1) is 0 Å². The number of nitrogens with one attached hydrogen (secondary N) is 2. The quantitative estimate of drug-likeness (QED) is 0.405. The predicted molar refractivity (Wildman–Crippen MR) is 105 cm³/mol. The molecule has 0 atom stereocenters. The lowest BCUT2D eigenvalue weighted by molar-refractivity contribution is -0.127. The minimum atomic E-state index is -1.53. The number of aromatic nitrogens is 4. The van der Waals surface area contributed by atoms with Gasteiger partial charge < -0.3 is 15.8 Å². The molecule has 0 fully saturated rings. The molecule has 0 saturated heterocycles. The zero-order valence-electron chi connectivity index (χ0n) is 15.8. The first-order valence-electron chi connectivity index (χ1n) is 9.01. The van der Waals surface area contributed by atoms with Crippen molar-refractivity contribution in [3.8, 4) is 11.1 Å². The first kappa shape index (κ1) is 19.1. The number of nitrogens with zero attached hydrogens (tertiary/aromatic N) is 4. The fraction of sp³-hybridized carbons (Fsp3) is 0.158. The molecule has 1 aliphatic carbocycles. The monoisotopic (exact) mass is 407 g/mol. The van der Waals surface area contributed by atoms with Crippen molar-refractivity contribution in [3.63, 3.8) is 0 Å². The van der Waals surface area contributed by atoms with E-state index in [1.165, 1.54) is 22.7 Å². The molecule has 11 nitrogen and oxygen atoms in total. The van der Waals surface area contributed by atoms with Crippen molar-refractivity contribution in [1.82, 2.24) is 24.9 Å². The normalized spacial score (nSPS) is 13.6. The van der Waals surface area contributed by atoms with Crippen LogP contribution in [0.15, 0.2) is 48.8 Å². The minimum absolute atomic E-state index is 0.00266. The molecule has 152 valence electrons. The highest BCUT2D eigenvalue weighted by molar-refractivity contribution is 5.99. The molecule has 0 bridgehead atoms. The number of carbonyl (C=O) groups excluding carboxylic acids is 3. The Kier molecular flexibility index (Phi) is 4.62. The second-order valence-electron chi connectivity index (χ2n) is 6.44. The van der Waals surface area contributed by atoms with Crippen molar-refractivity contribution in [1.29, 1.82) is 0 Å². The highest BCUT2D eigenvalue weighted by atomic mass is 16.6. The van der Waals surface area contributed by atoms with Crippen LogP contribution in [0.25, 0.3) is 16.8 Å². The lowest BCUT2D eigenvalue weighted by Gasteiger charge is -2.14. The average molecular weight is 407 g/mol. The summed E-state index contributed by atoms with van der Waals surface area (Å²) >= 11 is 0. The van der Waals surface area contributed by atoms with Crippen LogP contribution in [-0.4, -0.2) is 49.6 Å². The molecule has 4 N–H and O–H groups in total. The van der Waals surface area contributed by atoms with Crippen molar-refractivity contribution in [2.45, 2.75) is 12.5 Å². The Bertz CT molecular complexity index is 1180. The fourth-order valence-electron chi connectivity index (χ4n) is 2.75. The van der Waals surface area contributed by atoms with Gasteiger partial charge in [-0.25, -0.2) is 14.1 Å². The van der Waals surface area contributed by atoms with Crippen molar-refractivity contribution in [2.24, 2.45) is 5.73 Å². The Hall–Kier alpha value is -4.28. The van der Waals surface area contributed by atoms with Crippen LogP contribution < -0.4 is 16.4 Å². The average Bonchev–Trinajstić information content (AvgIpc) is 3.40. The number of fused-ring (bicyclic) bond motifs is 1. The second-order valence-corrected chi connectivity index (χ2v) is 6.44. The van der Waals surface area contributed by atoms with E-state index >= 15 is 0 Å². The maximum atomic E-state index is 12.9. The van der Waals surface area contributed by atoms with E-state index in [0.717, 1.165) is 5.56 Å². The van der Waals surface area contributed by atoms with E-state index in [9.17, 15) is 14.4 Å². The molecule has 4 rings (SSSR count). The van der Waals surface area contributed by atoms with Crippen LogP contribution in [0, 0.1) is 0 Å². The molecule has 3 aromatic heterocycles. The Morgan fingerprint density at radius 1 is 1.23 bits per heavy atom. The number of amides is 3. The van der Waals surface area contributed by atoms with Gasteiger partial charge in [-0.15, -0.1) is 5.10 Å². The second kappa shape index (κ2) is 7.28. The van der Waals surface area contributed by atoms with Gasteiger partial charge in [0.2, 0.25) is 5.60 Å². The van der Waals surface area contributed by atoms with E-state index in [0.29, 0.717) is 12.1 Å². The molecule has 0 saturated carbocycles. The third kappa shape index (κ3) is 3.55. The molecule has 0 spiro atoms. The zero-order chi connectivity index (χ0) is 21.3. The van der Waals surface area contributed by atoms with Crippen LogP contribution in [0.5, 0.6) is 0 Å². The number of nitrogens with two attached hydrogens (primary N) is 1. The highest BCUT2D eigenvalue weighted by Crippen LogP contribution is 2.30. The zero-order valence-corrected chi connectivity index (χ0v) is 15.8. The van der Waals surface area contributed by atoms with Crippen LogP contribution >= 0.6 is 0 Å². The first-order chi connectivity index (χ1) is 14.4. The summed E-state index contributed by atoms with van der Waals surface area (Å²) in [5.41, 5.74) is 5.40. The SMILES string of the molecule is CCNC(=O)Nc1nc2cc(-c3cccnc3)cc(C(=O)OC3(C(N)=O)C=C3)n2n1. The summed E-state index contributed by atoms with van der Waals surface area (Å²) in [4.78, 5) is 44.6. The Labute approximate surface area is 169 Å². The van der Waals surface area contributed by atoms with Gasteiger partial charge in [-0.1, -0.05) is 6.07 Å². The summed E-state index contributed by atoms with van der Waals surface area (Å²) in [5, 5.41) is 9.22. The molecule has 0 radical (unpaired) electrons. The molecule has 3 aromatic rings. The number of urea groups is 1. The van der Waals surface area contributed by atoms with Gasteiger partial charge in [0.15, 0.2) is 11.3 Å². The number of primary amides is 1. The fourth-order valence-corrected chi connectivity index (χ4v) is 2.75. The maximum Gasteiger partial charge on any atom is 0.358 e. The van der Waals surface area contributed by atoms with E-state index in [-0.39, 0.29) is 17.3 Å². The summed E-state index contributed by atoms with van der Waals surface area (Å²) in [6, 6.07) is 6.29. The highest BCUT2D eigenvalue weighted by Gasteiger charge is 2.45. The van der Waals surface area contributed by atoms with Gasteiger partial charge in [-0.2, -0.15) is 4.98 Å². The third-order valence-corrected chi connectivity index (χ3v) is 4.32. The van der Waals surface area contributed by atoms with Gasteiger partial charge in [0.1, 0.15) is 0 Å². The molecular formula is C19H17N7O4. The smallest absolute Gasteiger partial charge is 0.358 e. The van der Waals surface area contributed by atoms with E-state index in [1.807, 2.05) is 6.07 Å². The Morgan fingerprint density at radius 3 is 2.67 bits per heavy atom. The summed E-state index contributed by atoms with van der Waals surface area (Å²) < 4.78 is 6.52. The van der Waals surface area contributed by atoms with Crippen LogP contribution in [0.1, 0.15) is 17.4 Å². The number of anilines is 1. The summed E-state index contributed by atoms with van der Waals surface area (Å²) in [5.74, 6) is -1.64. The number of hydrogen-bond donors (Lipinski definition) is 3. The molecule has 3 heterocycles. The number of ether oxygens (including phenoxy) is 1. The molecule has 0 aromatic carbocycles. The first-order valence-corrected chi connectivity index (χ1v) is 9.01. The van der Waals surface area contributed by atoms with Crippen molar-refractivity contribution < 1.29 is 19.1 Å². The van der Waals surface area contributed by atoms with Gasteiger partial charge in [-0.3, -0.25) is 15.1 Å². The largest absolute Gasteiger partial charge is 0.436 e. The summed E-state index contributed by atoms with van der Waals surface area (Å²) in [6.45, 7) is 2.19. The lowest BCUT2D eigenvalue weighted by Crippen LogP contribution is -2.37. The number of carbonyl (C=O) groups is 3. The van der Waals surface area contributed by atoms with Gasteiger partial charge in [0, 0.05) is 24.5 Å². The van der Waals surface area contributed by atoms with Crippen molar-refractivity contribution >= 4 is 29.5 Å². The molecule has 0 unspecified atom stereocenters. The summed E-state index contributed by atoms with van der Waals surface area (Å²) in [7, 11) is 0. The van der Waals surface area contributed by atoms with Gasteiger partial charge >= 0.3 is 12.0 Å². The third-order valence-electron chi connectivity index (χ3n) is 4.32. The molecule has 11 heteroatoms. The minimum Gasteiger partial charge on any atom is -0.436 e. The number of esters is 1. The topological polar surface area (TPSA) is 154 Å². The van der Waals surface area contributed by atoms with Gasteiger partial charge in [-0.05, 0) is 42.8 Å². The number of hydrogen-bond acceptors (Lipinski definition) is 7. The molecule has 30 heavy (non-hydrogen) atoms. The van der Waals surface area contributed by atoms with Crippen molar-refractivity contribution in [3.05, 3.63) is 54.5 Å². The lowest BCUT2D eigenvalue weighted by atomic mass is 10.1. The van der Waals surface area contributed by atoms with Crippen LogP contribution in [0.3, 0.4) is 0 Å². The van der Waals surface area contributed by atoms with Crippen LogP contribution in [0.2, 0.25) is 0 Å². The number of pyridine rings is 2. The maximum absolute atomic E-state index is 12.9. The number of rotatable bonds is 6. The van der Waals surface area contributed by atoms with Crippen LogP contribution in [-0.2, 0) is 9.53 Å². The molecular weight excluding hydrogens is 390 g/mol. The van der Waals surface area contributed by atoms with Crippen molar-refractivity contribution in [2.75, 3.05) is 11.9 Å². The van der Waals surface area contributed by atoms with E-state index < -0.39 is 23.5 Å². The van der Waals surface area contributed by atoms with E-state index in [1.54, 1.807) is 31.5 Å². The molecule has 3 amide bonds. The Balaban J connectivity index is 1.77. The van der Waals surface area contributed by atoms with Crippen LogP contribution in [0.4, 0.5) is 10.7 Å². The van der Waals surface area contributed by atoms with E-state index in [4.69, 9.17) is 10.5 Å². The predicted octanol–water partition coefficient (Wildman–Crippen LogP) is 0.883. The Morgan fingerprint density at radius 2 is 2.03 bits per heavy atom.